The lowest BCUT2D eigenvalue weighted by molar-refractivity contribution is -0.364. The quantitative estimate of drug-likeness (QED) is 0.669. The van der Waals surface area contributed by atoms with Gasteiger partial charge in [0, 0.05) is 17.5 Å². The number of ether oxygens (including phenoxy) is 1. The van der Waals surface area contributed by atoms with Gasteiger partial charge in [0.05, 0.1) is 12.7 Å². The lowest BCUT2D eigenvalue weighted by Gasteiger charge is -2.08. The van der Waals surface area contributed by atoms with Gasteiger partial charge in [-0.05, 0) is 23.6 Å². The second-order valence-electron chi connectivity index (χ2n) is 4.14. The predicted octanol–water partition coefficient (Wildman–Crippen LogP) is 3.33. The van der Waals surface area contributed by atoms with E-state index in [9.17, 15) is 0 Å². The molecule has 1 N–H and O–H groups in total. The van der Waals surface area contributed by atoms with E-state index in [0.29, 0.717) is 0 Å². The molecule has 1 heterocycles. The van der Waals surface area contributed by atoms with Crippen LogP contribution in [0.15, 0.2) is 60.8 Å². The lowest BCUT2D eigenvalue weighted by Crippen LogP contribution is -2.04. The largest absolute Gasteiger partial charge is 0.496 e. The third-order valence-electron chi connectivity index (χ3n) is 3.09. The highest BCUT2D eigenvalue weighted by Crippen LogP contribution is 2.33. The highest BCUT2D eigenvalue weighted by Gasteiger charge is 2.12. The van der Waals surface area contributed by atoms with Crippen molar-refractivity contribution in [1.29, 1.82) is 0 Å². The van der Waals surface area contributed by atoms with Gasteiger partial charge in [0.2, 0.25) is 5.69 Å². The minimum Gasteiger partial charge on any atom is -0.496 e. The van der Waals surface area contributed by atoms with Crippen LogP contribution >= 0.6 is 0 Å². The van der Waals surface area contributed by atoms with E-state index in [-0.39, 0.29) is 0 Å². The molecule has 0 saturated carbocycles. The molecule has 2 heteroatoms. The number of methoxy groups -OCH3 is 1. The Balaban J connectivity index is 2.36. The van der Waals surface area contributed by atoms with E-state index in [1.165, 1.54) is 5.39 Å². The number of nitrogens with one attached hydrogen (secondary N) is 1. The molecule has 3 rings (SSSR count). The Morgan fingerprint density at radius 1 is 0.889 bits per heavy atom. The molecule has 0 aliphatic rings. The van der Waals surface area contributed by atoms with Crippen LogP contribution in [0.3, 0.4) is 0 Å². The number of rotatable bonds is 2. The number of aromatic nitrogens is 1. The summed E-state index contributed by atoms with van der Waals surface area (Å²) in [5, 5.41) is 2.33. The molecule has 0 radical (unpaired) electrons. The summed E-state index contributed by atoms with van der Waals surface area (Å²) in [5.41, 5.74) is 2.25. The highest BCUT2D eigenvalue weighted by atomic mass is 16.5. The van der Waals surface area contributed by atoms with E-state index in [1.54, 1.807) is 7.11 Å². The molecule has 3 aromatic rings. The van der Waals surface area contributed by atoms with Crippen molar-refractivity contribution in [3.05, 3.63) is 60.8 Å². The maximum atomic E-state index is 5.48. The Morgan fingerprint density at radius 3 is 2.44 bits per heavy atom. The first-order valence-corrected chi connectivity index (χ1v) is 5.93. The van der Waals surface area contributed by atoms with Crippen molar-refractivity contribution in [3.63, 3.8) is 0 Å². The van der Waals surface area contributed by atoms with E-state index in [0.717, 1.165) is 22.4 Å². The van der Waals surface area contributed by atoms with Crippen LogP contribution in [0.5, 0.6) is 5.75 Å². The Kier molecular flexibility index (Phi) is 2.69. The van der Waals surface area contributed by atoms with E-state index < -0.39 is 0 Å². The summed E-state index contributed by atoms with van der Waals surface area (Å²) in [6, 6.07) is 18.5. The van der Waals surface area contributed by atoms with Crippen molar-refractivity contribution >= 4 is 10.8 Å². The number of hydrogen-bond acceptors (Lipinski definition) is 1. The van der Waals surface area contributed by atoms with Crippen molar-refractivity contribution in [2.45, 2.75) is 0 Å². The van der Waals surface area contributed by atoms with Gasteiger partial charge in [-0.2, -0.15) is 0 Å². The Morgan fingerprint density at radius 2 is 1.72 bits per heavy atom. The van der Waals surface area contributed by atoms with Gasteiger partial charge in [-0.25, -0.2) is 4.98 Å². The monoisotopic (exact) mass is 236 g/mol. The third kappa shape index (κ3) is 1.72. The van der Waals surface area contributed by atoms with Crippen LogP contribution in [0, 0.1) is 0 Å². The van der Waals surface area contributed by atoms with Crippen LogP contribution in [0.25, 0.3) is 22.0 Å². The average Bonchev–Trinajstić information content (AvgIpc) is 2.47. The maximum Gasteiger partial charge on any atom is 0.211 e. The maximum absolute atomic E-state index is 5.48. The number of H-pyrrole nitrogens is 1. The number of pyridine rings is 1. The second-order valence-corrected chi connectivity index (χ2v) is 4.14. The molecule has 0 aliphatic carbocycles. The van der Waals surface area contributed by atoms with Crippen LogP contribution in [0.4, 0.5) is 0 Å². The fourth-order valence-electron chi connectivity index (χ4n) is 2.26. The number of fused-ring (bicyclic) bond motifs is 1. The fourth-order valence-corrected chi connectivity index (χ4v) is 2.26. The van der Waals surface area contributed by atoms with Gasteiger partial charge in [-0.1, -0.05) is 24.3 Å². The molecule has 88 valence electrons. The van der Waals surface area contributed by atoms with Gasteiger partial charge >= 0.3 is 0 Å². The fraction of sp³-hybridized carbons (Fsp3) is 0.0625. The molecule has 0 atom stereocenters. The zero-order valence-electron chi connectivity index (χ0n) is 10.2. The SMILES string of the molecule is COc1cccc2cccc(-c3cccc[nH+]3)c12. The number of benzene rings is 2. The van der Waals surface area contributed by atoms with Crippen LogP contribution < -0.4 is 9.72 Å². The first-order valence-electron chi connectivity index (χ1n) is 5.93. The second kappa shape index (κ2) is 4.49. The summed E-state index contributed by atoms with van der Waals surface area (Å²) < 4.78 is 5.48. The van der Waals surface area contributed by atoms with Crippen molar-refractivity contribution in [2.75, 3.05) is 7.11 Å². The first kappa shape index (κ1) is 10.8. The smallest absolute Gasteiger partial charge is 0.211 e. The average molecular weight is 236 g/mol. The van der Waals surface area contributed by atoms with Gasteiger partial charge in [-0.15, -0.1) is 0 Å². The first-order chi connectivity index (χ1) is 8.90. The Labute approximate surface area is 106 Å². The van der Waals surface area contributed by atoms with Gasteiger partial charge < -0.3 is 4.74 Å². The topological polar surface area (TPSA) is 23.4 Å². The molecular formula is C16H14NO+. The summed E-state index contributed by atoms with van der Waals surface area (Å²) in [6.07, 6.45) is 1.93. The van der Waals surface area contributed by atoms with E-state index in [1.807, 2.05) is 30.5 Å². The minimum atomic E-state index is 0.903. The van der Waals surface area contributed by atoms with Crippen LogP contribution in [-0.2, 0) is 0 Å². The molecule has 1 aromatic heterocycles. The third-order valence-corrected chi connectivity index (χ3v) is 3.09. The molecule has 0 saturated heterocycles. The summed E-state index contributed by atoms with van der Waals surface area (Å²) in [6.45, 7) is 0. The predicted molar refractivity (Wildman–Crippen MR) is 72.5 cm³/mol. The standard InChI is InChI=1S/C16H13NO/c1-18-15-10-5-7-12-6-4-8-13(16(12)15)14-9-2-3-11-17-14/h2-11H,1H3/p+1. The summed E-state index contributed by atoms with van der Waals surface area (Å²) in [7, 11) is 1.71. The van der Waals surface area contributed by atoms with Crippen LogP contribution in [-0.4, -0.2) is 7.11 Å². The number of hydrogen-bond donors (Lipinski definition) is 0. The van der Waals surface area contributed by atoms with E-state index in [2.05, 4.69) is 35.3 Å². The normalized spacial score (nSPS) is 10.5. The minimum absolute atomic E-state index is 0.903. The molecule has 2 aromatic carbocycles. The van der Waals surface area contributed by atoms with Gasteiger partial charge in [0.25, 0.3) is 0 Å². The molecule has 18 heavy (non-hydrogen) atoms. The zero-order chi connectivity index (χ0) is 12.4. The number of aromatic amines is 1. The van der Waals surface area contributed by atoms with Crippen molar-refractivity contribution in [3.8, 4) is 17.0 Å². The van der Waals surface area contributed by atoms with Crippen molar-refractivity contribution in [2.24, 2.45) is 0 Å². The highest BCUT2D eigenvalue weighted by molar-refractivity contribution is 5.99. The Hall–Kier alpha value is -2.35. The van der Waals surface area contributed by atoms with Gasteiger partial charge in [0.15, 0.2) is 6.20 Å². The lowest BCUT2D eigenvalue weighted by atomic mass is 10.0. The molecule has 0 spiro atoms. The van der Waals surface area contributed by atoms with E-state index in [4.69, 9.17) is 4.74 Å². The van der Waals surface area contributed by atoms with Crippen LogP contribution in [0.2, 0.25) is 0 Å². The van der Waals surface area contributed by atoms with E-state index >= 15 is 0 Å². The molecular weight excluding hydrogens is 222 g/mol. The zero-order valence-corrected chi connectivity index (χ0v) is 10.2. The molecule has 0 bridgehead atoms. The van der Waals surface area contributed by atoms with Crippen LogP contribution in [0.1, 0.15) is 0 Å². The summed E-state index contributed by atoms with van der Waals surface area (Å²) in [4.78, 5) is 3.27. The molecule has 0 unspecified atom stereocenters. The Bertz CT molecular complexity index is 672. The van der Waals surface area contributed by atoms with Gasteiger partial charge in [0.1, 0.15) is 5.75 Å². The van der Waals surface area contributed by atoms with Crippen molar-refractivity contribution in [1.82, 2.24) is 0 Å². The summed E-state index contributed by atoms with van der Waals surface area (Å²) in [5.74, 6) is 0.903. The summed E-state index contributed by atoms with van der Waals surface area (Å²) >= 11 is 0. The molecule has 2 nitrogen and oxygen atoms in total. The molecule has 0 fully saturated rings. The van der Waals surface area contributed by atoms with Gasteiger partial charge in [-0.3, -0.25) is 0 Å². The van der Waals surface area contributed by atoms with Crippen molar-refractivity contribution < 1.29 is 9.72 Å². The molecule has 0 amide bonds. The molecule has 0 aliphatic heterocycles.